The molecule has 1 aliphatic rings. The van der Waals surface area contributed by atoms with Gasteiger partial charge in [-0.25, -0.2) is 9.97 Å². The highest BCUT2D eigenvalue weighted by molar-refractivity contribution is 7.99. The van der Waals surface area contributed by atoms with E-state index in [-0.39, 0.29) is 5.75 Å². The number of carbonyl (C=O) groups excluding carboxylic acids is 1. The Morgan fingerprint density at radius 1 is 1.12 bits per heavy atom. The van der Waals surface area contributed by atoms with Crippen LogP contribution in [-0.4, -0.2) is 47.9 Å². The summed E-state index contributed by atoms with van der Waals surface area (Å²) in [6, 6.07) is 9.48. The van der Waals surface area contributed by atoms with E-state index in [0.29, 0.717) is 16.1 Å². The number of thioether (sulfide) groups is 1. The number of piperazine rings is 1. The van der Waals surface area contributed by atoms with Gasteiger partial charge in [-0.05, 0) is 18.2 Å². The van der Waals surface area contributed by atoms with Crippen molar-refractivity contribution in [3.63, 3.8) is 0 Å². The second kappa shape index (κ2) is 8.12. The fraction of sp³-hybridized carbons (Fsp3) is 0.312. The lowest BCUT2D eigenvalue weighted by Crippen LogP contribution is -2.46. The van der Waals surface area contributed by atoms with Crippen LogP contribution in [0.25, 0.3) is 0 Å². The number of hydrogen-bond acceptors (Lipinski definition) is 7. The van der Waals surface area contributed by atoms with E-state index in [2.05, 4.69) is 19.8 Å². The molecule has 0 bridgehead atoms. The topological polar surface area (TPSA) is 72.4 Å². The number of hydrogen-bond donors (Lipinski definition) is 0. The molecule has 0 atom stereocenters. The summed E-state index contributed by atoms with van der Waals surface area (Å²) in [7, 11) is 0. The van der Waals surface area contributed by atoms with Crippen LogP contribution < -0.4 is 14.9 Å². The Hall–Kier alpha value is -1.70. The Morgan fingerprint density at radius 3 is 2.52 bits per heavy atom. The highest BCUT2D eigenvalue weighted by Gasteiger charge is 2.19. The zero-order valence-electron chi connectivity index (χ0n) is 13.2. The first-order chi connectivity index (χ1) is 12.0. The zero-order valence-corrected chi connectivity index (χ0v) is 15.5. The van der Waals surface area contributed by atoms with Gasteiger partial charge >= 0.3 is 0 Å². The second-order valence-electron chi connectivity index (χ2n) is 5.45. The van der Waals surface area contributed by atoms with Crippen molar-refractivity contribution in [2.75, 3.05) is 41.7 Å². The summed E-state index contributed by atoms with van der Waals surface area (Å²) < 4.78 is 0. The van der Waals surface area contributed by atoms with Gasteiger partial charge in [0.15, 0.2) is 5.16 Å². The number of aliphatic carboxylic acids is 1. The van der Waals surface area contributed by atoms with Crippen molar-refractivity contribution in [1.29, 1.82) is 0 Å². The number of aromatic nitrogens is 2. The molecular weight excluding hydrogens is 383 g/mol. The Kier molecular flexibility index (Phi) is 5.88. The average Bonchev–Trinajstić information content (AvgIpc) is 2.60. The minimum absolute atomic E-state index is 0.206. The normalized spacial score (nSPS) is 14.6. The summed E-state index contributed by atoms with van der Waals surface area (Å²) in [6.07, 6.45) is 0. The maximum Gasteiger partial charge on any atom is 0.191 e. The van der Waals surface area contributed by atoms with E-state index in [9.17, 15) is 9.90 Å². The van der Waals surface area contributed by atoms with Crippen LogP contribution in [-0.2, 0) is 4.79 Å². The van der Waals surface area contributed by atoms with E-state index >= 15 is 0 Å². The van der Waals surface area contributed by atoms with E-state index in [0.717, 1.165) is 48.7 Å². The van der Waals surface area contributed by atoms with Crippen LogP contribution in [0.3, 0.4) is 0 Å². The van der Waals surface area contributed by atoms with E-state index in [1.54, 1.807) is 6.07 Å². The molecule has 0 radical (unpaired) electrons. The van der Waals surface area contributed by atoms with E-state index in [1.165, 1.54) is 0 Å². The third kappa shape index (κ3) is 4.90. The molecule has 2 aromatic rings. The number of carboxylic acid groups (broad SMARTS) is 1. The molecule has 1 aromatic carbocycles. The minimum Gasteiger partial charge on any atom is -0.549 e. The second-order valence-corrected chi connectivity index (χ2v) is 7.21. The number of benzene rings is 1. The molecule has 1 saturated heterocycles. The fourth-order valence-electron chi connectivity index (χ4n) is 2.60. The molecule has 0 amide bonds. The fourth-order valence-corrected chi connectivity index (χ4v) is 3.58. The molecule has 3 rings (SSSR count). The molecule has 25 heavy (non-hydrogen) atoms. The number of carboxylic acids is 1. The van der Waals surface area contributed by atoms with Crippen LogP contribution in [0.5, 0.6) is 0 Å². The van der Waals surface area contributed by atoms with E-state index in [4.69, 9.17) is 23.2 Å². The lowest BCUT2D eigenvalue weighted by Gasteiger charge is -2.36. The lowest BCUT2D eigenvalue weighted by molar-refractivity contribution is -0.301. The van der Waals surface area contributed by atoms with Crippen LogP contribution in [0, 0.1) is 0 Å². The SMILES string of the molecule is O=C([O-])CSc1nc(Cl)cc(N2CCN(c3cccc(Cl)c3)CC2)n1. The van der Waals surface area contributed by atoms with Gasteiger partial charge in [-0.15, -0.1) is 0 Å². The Morgan fingerprint density at radius 2 is 1.84 bits per heavy atom. The summed E-state index contributed by atoms with van der Waals surface area (Å²) in [5.41, 5.74) is 1.10. The van der Waals surface area contributed by atoms with E-state index < -0.39 is 5.97 Å². The standard InChI is InChI=1S/C16H16Cl2N4O2S/c17-11-2-1-3-12(8-11)21-4-6-22(7-5-21)14-9-13(18)19-16(20-14)25-10-15(23)24/h1-3,8-9H,4-7,10H2,(H,23,24)/p-1. The van der Waals surface area contributed by atoms with Crippen LogP contribution >= 0.6 is 35.0 Å². The van der Waals surface area contributed by atoms with Crippen LogP contribution in [0.4, 0.5) is 11.5 Å². The molecule has 0 N–H and O–H groups in total. The Bertz CT molecular complexity index is 770. The smallest absolute Gasteiger partial charge is 0.191 e. The van der Waals surface area contributed by atoms with Gasteiger partial charge in [-0.2, -0.15) is 0 Å². The molecule has 0 aliphatic carbocycles. The van der Waals surface area contributed by atoms with Crippen LogP contribution in [0.1, 0.15) is 0 Å². The van der Waals surface area contributed by atoms with Gasteiger partial charge < -0.3 is 19.7 Å². The predicted molar refractivity (Wildman–Crippen MR) is 98.7 cm³/mol. The van der Waals surface area contributed by atoms with Gasteiger partial charge in [0.2, 0.25) is 0 Å². The largest absolute Gasteiger partial charge is 0.549 e. The number of rotatable bonds is 5. The first-order valence-corrected chi connectivity index (χ1v) is 9.38. The van der Waals surface area contributed by atoms with Crippen LogP contribution in [0.15, 0.2) is 35.5 Å². The molecule has 9 heteroatoms. The molecule has 0 unspecified atom stereocenters. The zero-order chi connectivity index (χ0) is 17.8. The summed E-state index contributed by atoms with van der Waals surface area (Å²) in [4.78, 5) is 23.4. The summed E-state index contributed by atoms with van der Waals surface area (Å²) in [6.45, 7) is 3.18. The monoisotopic (exact) mass is 397 g/mol. The molecule has 0 saturated carbocycles. The number of halogens is 2. The van der Waals surface area contributed by atoms with Gasteiger partial charge in [-0.3, -0.25) is 0 Å². The van der Waals surface area contributed by atoms with Crippen molar-refractivity contribution >= 4 is 52.4 Å². The molecule has 1 aromatic heterocycles. The molecule has 6 nitrogen and oxygen atoms in total. The van der Waals surface area contributed by atoms with Crippen molar-refractivity contribution in [2.24, 2.45) is 0 Å². The Balaban J connectivity index is 1.67. The molecule has 1 fully saturated rings. The third-order valence-electron chi connectivity index (χ3n) is 3.76. The van der Waals surface area contributed by atoms with Gasteiger partial charge in [0, 0.05) is 48.7 Å². The highest BCUT2D eigenvalue weighted by Crippen LogP contribution is 2.25. The van der Waals surface area contributed by atoms with Crippen molar-refractivity contribution < 1.29 is 9.90 Å². The van der Waals surface area contributed by atoms with Crippen molar-refractivity contribution in [1.82, 2.24) is 9.97 Å². The van der Waals surface area contributed by atoms with Gasteiger partial charge in [0.1, 0.15) is 11.0 Å². The predicted octanol–water partition coefficient (Wildman–Crippen LogP) is 1.95. The van der Waals surface area contributed by atoms with Crippen molar-refractivity contribution in [3.05, 3.63) is 40.5 Å². The van der Waals surface area contributed by atoms with Gasteiger partial charge in [0.05, 0.1) is 5.97 Å². The first kappa shape index (κ1) is 18.1. The number of carbonyl (C=O) groups is 1. The molecule has 0 spiro atoms. The average molecular weight is 398 g/mol. The summed E-state index contributed by atoms with van der Waals surface area (Å²) in [5, 5.41) is 11.9. The quantitative estimate of drug-likeness (QED) is 0.433. The van der Waals surface area contributed by atoms with Crippen LogP contribution in [0.2, 0.25) is 10.2 Å². The molecule has 132 valence electrons. The third-order valence-corrected chi connectivity index (χ3v) is 5.01. The van der Waals surface area contributed by atoms with Crippen molar-refractivity contribution in [2.45, 2.75) is 5.16 Å². The van der Waals surface area contributed by atoms with Gasteiger partial charge in [-0.1, -0.05) is 41.0 Å². The number of anilines is 2. The highest BCUT2D eigenvalue weighted by atomic mass is 35.5. The Labute approximate surface area is 159 Å². The van der Waals surface area contributed by atoms with Crippen molar-refractivity contribution in [3.8, 4) is 0 Å². The van der Waals surface area contributed by atoms with E-state index in [1.807, 2.05) is 24.3 Å². The summed E-state index contributed by atoms with van der Waals surface area (Å²) in [5.74, 6) is -0.667. The maximum absolute atomic E-state index is 10.6. The van der Waals surface area contributed by atoms with Gasteiger partial charge in [0.25, 0.3) is 0 Å². The number of nitrogens with zero attached hydrogens (tertiary/aromatic N) is 4. The first-order valence-electron chi connectivity index (χ1n) is 7.64. The minimum atomic E-state index is -1.16. The lowest BCUT2D eigenvalue weighted by atomic mass is 10.2. The maximum atomic E-state index is 10.6. The molecule has 2 heterocycles. The molecule has 1 aliphatic heterocycles. The molecular formula is C16H15Cl2N4O2S-. The summed E-state index contributed by atoms with van der Waals surface area (Å²) >= 11 is 13.1.